The van der Waals surface area contributed by atoms with Crippen molar-refractivity contribution >= 4 is 11.9 Å². The minimum absolute atomic E-state index is 0.0266. The Balaban J connectivity index is 1.54. The van der Waals surface area contributed by atoms with Crippen LogP contribution in [0.2, 0.25) is 0 Å². The van der Waals surface area contributed by atoms with Gasteiger partial charge in [0.15, 0.2) is 11.6 Å². The summed E-state index contributed by atoms with van der Waals surface area (Å²) >= 11 is 0. The molecular weight excluding hydrogens is 398 g/mol. The molecule has 5 rings (SSSR count). The molecule has 5 heteroatoms. The molecule has 0 radical (unpaired) electrons. The van der Waals surface area contributed by atoms with E-state index in [9.17, 15) is 18.7 Å². The molecule has 0 amide bonds. The smallest absolute Gasteiger partial charge is 0.169 e. The van der Waals surface area contributed by atoms with E-state index in [1.54, 1.807) is 24.3 Å². The first-order valence-electron chi connectivity index (χ1n) is 11.1. The number of fused-ring (bicyclic) bond motifs is 1. The Hall–Kier alpha value is -2.37. The number of rotatable bonds is 2. The summed E-state index contributed by atoms with van der Waals surface area (Å²) in [4.78, 5) is 13.8. The van der Waals surface area contributed by atoms with E-state index in [1.165, 1.54) is 24.3 Å². The summed E-state index contributed by atoms with van der Waals surface area (Å²) < 4.78 is 33.2. The Kier molecular flexibility index (Phi) is 5.06. The van der Waals surface area contributed by atoms with Crippen LogP contribution in [0.1, 0.15) is 62.2 Å². The van der Waals surface area contributed by atoms with Crippen LogP contribution >= 0.6 is 0 Å². The largest absolute Gasteiger partial charge is 0.365 e. The van der Waals surface area contributed by atoms with Crippen molar-refractivity contribution in [2.45, 2.75) is 56.8 Å². The highest BCUT2D eigenvalue weighted by Crippen LogP contribution is 2.60. The third kappa shape index (κ3) is 3.54. The van der Waals surface area contributed by atoms with Gasteiger partial charge in [-0.25, -0.2) is 8.78 Å². The van der Waals surface area contributed by atoms with Crippen LogP contribution in [0.15, 0.2) is 54.1 Å². The number of carbonyl (C=O) groups excluding carboxylic acids is 1. The zero-order valence-corrected chi connectivity index (χ0v) is 17.3. The molecule has 3 nitrogen and oxygen atoms in total. The summed E-state index contributed by atoms with van der Waals surface area (Å²) in [6.07, 6.45) is 6.27. The average Bonchev–Trinajstić information content (AvgIpc) is 3.06. The van der Waals surface area contributed by atoms with Gasteiger partial charge in [0.25, 0.3) is 0 Å². The van der Waals surface area contributed by atoms with E-state index in [-0.39, 0.29) is 23.3 Å². The summed E-state index contributed by atoms with van der Waals surface area (Å²) in [5.74, 6) is -1.97. The van der Waals surface area contributed by atoms with E-state index in [0.717, 1.165) is 30.4 Å². The number of halogens is 2. The van der Waals surface area contributed by atoms with Crippen LogP contribution in [-0.2, 0) is 9.53 Å². The molecule has 0 bridgehead atoms. The Morgan fingerprint density at radius 3 is 2.35 bits per heavy atom. The fourth-order valence-corrected chi connectivity index (χ4v) is 5.75. The van der Waals surface area contributed by atoms with Gasteiger partial charge in [0.1, 0.15) is 11.6 Å². The van der Waals surface area contributed by atoms with Gasteiger partial charge < -0.3 is 9.84 Å². The molecule has 1 N–H and O–H groups in total. The normalized spacial score (nSPS) is 34.3. The molecule has 31 heavy (non-hydrogen) atoms. The molecule has 2 saturated carbocycles. The van der Waals surface area contributed by atoms with E-state index >= 15 is 0 Å². The molecule has 0 unspecified atom stereocenters. The zero-order chi connectivity index (χ0) is 21.6. The molecule has 4 atom stereocenters. The van der Waals surface area contributed by atoms with E-state index in [2.05, 4.69) is 0 Å². The average molecular weight is 424 g/mol. The van der Waals surface area contributed by atoms with Crippen molar-refractivity contribution in [1.82, 2.24) is 0 Å². The molecule has 0 aromatic heterocycles. The fraction of sp³-hybridized carbons (Fsp3) is 0.423. The van der Waals surface area contributed by atoms with Gasteiger partial charge in [-0.3, -0.25) is 4.79 Å². The van der Waals surface area contributed by atoms with Gasteiger partial charge in [-0.2, -0.15) is 0 Å². The highest BCUT2D eigenvalue weighted by Gasteiger charge is 2.61. The van der Waals surface area contributed by atoms with Gasteiger partial charge in [-0.05, 0) is 79.1 Å². The van der Waals surface area contributed by atoms with E-state index in [1.807, 2.05) is 6.08 Å². The van der Waals surface area contributed by atoms with Gasteiger partial charge in [-0.1, -0.05) is 30.7 Å². The number of carbonyl (C=O) groups is 1. The summed E-state index contributed by atoms with van der Waals surface area (Å²) in [7, 11) is 0. The summed E-state index contributed by atoms with van der Waals surface area (Å²) in [6.45, 7) is 0. The zero-order valence-electron chi connectivity index (χ0n) is 17.3. The van der Waals surface area contributed by atoms with E-state index < -0.39 is 17.3 Å². The second-order valence-corrected chi connectivity index (χ2v) is 9.25. The lowest BCUT2D eigenvalue weighted by molar-refractivity contribution is -0.323. The van der Waals surface area contributed by atoms with Crippen molar-refractivity contribution in [2.24, 2.45) is 11.3 Å². The number of ether oxygens (including phenoxy) is 1. The minimum atomic E-state index is -1.24. The highest BCUT2D eigenvalue weighted by molar-refractivity contribution is 6.06. The quantitative estimate of drug-likeness (QED) is 0.626. The molecule has 1 aliphatic heterocycles. The number of hydrogen-bond acceptors (Lipinski definition) is 3. The standard InChI is InChI=1S/C26H26F2O3/c27-21-8-4-17(5-9-21)15-19-12-14-25(23(19)29)16-20-3-1-2-13-26(20,30)31-24(25)18-6-10-22(28)11-7-18/h4-11,15,20,24,30H,1-3,12-14,16H2/t20-,24+,25+,26-/m0/s1. The maximum atomic E-state index is 13.8. The molecule has 3 fully saturated rings. The number of allylic oxidation sites excluding steroid dienone is 1. The third-order valence-corrected chi connectivity index (χ3v) is 7.38. The number of Topliss-reactive ketones (excluding diaryl/α,β-unsaturated/α-hetero) is 1. The van der Waals surface area contributed by atoms with E-state index in [0.29, 0.717) is 31.3 Å². The number of ketones is 1. The van der Waals surface area contributed by atoms with Gasteiger partial charge in [0.05, 0.1) is 11.5 Å². The van der Waals surface area contributed by atoms with E-state index in [4.69, 9.17) is 4.74 Å². The van der Waals surface area contributed by atoms with Crippen LogP contribution in [0.25, 0.3) is 6.08 Å². The predicted molar refractivity (Wildman–Crippen MR) is 113 cm³/mol. The molecule has 1 saturated heterocycles. The minimum Gasteiger partial charge on any atom is -0.365 e. The molecule has 3 aliphatic rings. The Bertz CT molecular complexity index is 1010. The highest BCUT2D eigenvalue weighted by atomic mass is 19.1. The van der Waals surface area contributed by atoms with Crippen molar-refractivity contribution in [2.75, 3.05) is 0 Å². The van der Waals surface area contributed by atoms with Crippen molar-refractivity contribution in [3.63, 3.8) is 0 Å². The summed E-state index contributed by atoms with van der Waals surface area (Å²) in [6, 6.07) is 12.1. The van der Waals surface area contributed by atoms with Gasteiger partial charge in [0.2, 0.25) is 0 Å². The van der Waals surface area contributed by atoms with Crippen molar-refractivity contribution in [1.29, 1.82) is 0 Å². The maximum absolute atomic E-state index is 13.8. The second kappa shape index (κ2) is 7.64. The monoisotopic (exact) mass is 424 g/mol. The third-order valence-electron chi connectivity index (χ3n) is 7.38. The Labute approximate surface area is 180 Å². The summed E-state index contributed by atoms with van der Waals surface area (Å²) in [5, 5.41) is 11.3. The lowest BCUT2D eigenvalue weighted by Gasteiger charge is -2.53. The Morgan fingerprint density at radius 1 is 0.968 bits per heavy atom. The lowest BCUT2D eigenvalue weighted by atomic mass is 9.63. The Morgan fingerprint density at radius 2 is 1.65 bits per heavy atom. The first-order chi connectivity index (χ1) is 14.9. The first kappa shape index (κ1) is 20.5. The number of hydrogen-bond donors (Lipinski definition) is 1. The van der Waals surface area contributed by atoms with Gasteiger partial charge in [-0.15, -0.1) is 0 Å². The van der Waals surface area contributed by atoms with Gasteiger partial charge in [0, 0.05) is 12.3 Å². The van der Waals surface area contributed by atoms with Crippen LogP contribution in [0.3, 0.4) is 0 Å². The molecule has 162 valence electrons. The SMILES string of the molecule is O=C1C(=Cc2ccc(F)cc2)CC[C@@]12C[C@@H]1CCCC[C@]1(O)O[C@@H]2c1ccc(F)cc1. The van der Waals surface area contributed by atoms with Gasteiger partial charge >= 0.3 is 0 Å². The van der Waals surface area contributed by atoms with Crippen molar-refractivity contribution in [3.05, 3.63) is 76.9 Å². The molecule has 2 aliphatic carbocycles. The van der Waals surface area contributed by atoms with Crippen LogP contribution < -0.4 is 0 Å². The molecular formula is C26H26F2O3. The topological polar surface area (TPSA) is 46.5 Å². The maximum Gasteiger partial charge on any atom is 0.169 e. The molecule has 1 heterocycles. The second-order valence-electron chi connectivity index (χ2n) is 9.25. The van der Waals surface area contributed by atoms with Crippen LogP contribution in [0, 0.1) is 23.0 Å². The number of benzene rings is 2. The van der Waals surface area contributed by atoms with Crippen LogP contribution in [0.5, 0.6) is 0 Å². The fourth-order valence-electron chi connectivity index (χ4n) is 5.75. The lowest BCUT2D eigenvalue weighted by Crippen LogP contribution is -2.55. The van der Waals surface area contributed by atoms with Crippen LogP contribution in [-0.4, -0.2) is 16.7 Å². The molecule has 2 aromatic carbocycles. The molecule has 1 spiro atoms. The van der Waals surface area contributed by atoms with Crippen LogP contribution in [0.4, 0.5) is 8.78 Å². The predicted octanol–water partition coefficient (Wildman–Crippen LogP) is 5.74. The first-order valence-corrected chi connectivity index (χ1v) is 11.1. The number of aliphatic hydroxyl groups is 1. The summed E-state index contributed by atoms with van der Waals surface area (Å²) in [5.41, 5.74) is 1.42. The molecule has 2 aromatic rings. The van der Waals surface area contributed by atoms with Crippen molar-refractivity contribution in [3.8, 4) is 0 Å². The van der Waals surface area contributed by atoms with Crippen molar-refractivity contribution < 1.29 is 23.4 Å².